The van der Waals surface area contributed by atoms with Gasteiger partial charge in [-0.25, -0.2) is 14.2 Å². The highest BCUT2D eigenvalue weighted by atomic mass is 32.1. The topological polar surface area (TPSA) is 91.8 Å². The smallest absolute Gasteiger partial charge is 0.325 e. The Bertz CT molecular complexity index is 888. The van der Waals surface area contributed by atoms with E-state index in [2.05, 4.69) is 10.3 Å². The fraction of sp³-hybridized carbons (Fsp3) is 0.333. The molecule has 0 atom stereocenters. The fourth-order valence-corrected chi connectivity index (χ4v) is 3.49. The number of hydrogen-bond acceptors (Lipinski definition) is 6. The van der Waals surface area contributed by atoms with E-state index in [1.54, 1.807) is 24.4 Å². The quantitative estimate of drug-likeness (QED) is 0.712. The molecule has 1 saturated heterocycles. The molecule has 0 bridgehead atoms. The molecule has 1 aliphatic rings. The van der Waals surface area contributed by atoms with E-state index in [0.29, 0.717) is 30.5 Å². The van der Waals surface area contributed by atoms with Gasteiger partial charge in [-0.05, 0) is 19.1 Å². The van der Waals surface area contributed by atoms with Gasteiger partial charge in [0.05, 0.1) is 24.4 Å². The maximum Gasteiger partial charge on any atom is 0.325 e. The second-order valence-corrected chi connectivity index (χ2v) is 6.84. The molecule has 1 N–H and O–H groups in total. The minimum absolute atomic E-state index is 0.0302. The predicted molar refractivity (Wildman–Crippen MR) is 102 cm³/mol. The summed E-state index contributed by atoms with van der Waals surface area (Å²) in [7, 11) is 0. The number of nitrogens with one attached hydrogen (secondary N) is 1. The van der Waals surface area contributed by atoms with Gasteiger partial charge in [-0.1, -0.05) is 12.1 Å². The Balaban J connectivity index is 1.54. The number of aromatic nitrogens is 1. The maximum absolute atomic E-state index is 13.9. The summed E-state index contributed by atoms with van der Waals surface area (Å²) in [5.74, 6) is -1.29. The number of nitrogens with zero attached hydrogens (tertiary/aromatic N) is 3. The van der Waals surface area contributed by atoms with Crippen LogP contribution in [0, 0.1) is 5.82 Å². The molecule has 0 spiro atoms. The van der Waals surface area contributed by atoms with E-state index in [1.807, 2.05) is 0 Å². The van der Waals surface area contributed by atoms with Crippen molar-refractivity contribution >= 4 is 40.1 Å². The second kappa shape index (κ2) is 8.79. The summed E-state index contributed by atoms with van der Waals surface area (Å²) in [6.45, 7) is 2.45. The molecule has 148 valence electrons. The Morgan fingerprint density at radius 2 is 2.11 bits per heavy atom. The summed E-state index contributed by atoms with van der Waals surface area (Å²) in [5.41, 5.74) is 0.695. The first-order valence-corrected chi connectivity index (χ1v) is 9.56. The monoisotopic (exact) mass is 406 g/mol. The number of carbonyl (C=O) groups is 3. The molecule has 8 nitrogen and oxygen atoms in total. The van der Waals surface area contributed by atoms with Gasteiger partial charge in [-0.2, -0.15) is 0 Å². The standard InChI is InChI=1S/C18H19FN4O4S/c1-2-27-16(25)9-12-11-28-17(20-12)21-15(24)10-22-7-8-23(18(22)26)14-6-4-3-5-13(14)19/h3-6,11H,2,7-10H2,1H3,(H,20,21,24). The zero-order chi connectivity index (χ0) is 20.1. The molecule has 10 heteroatoms. The fourth-order valence-electron chi connectivity index (χ4n) is 2.76. The highest BCUT2D eigenvalue weighted by Crippen LogP contribution is 2.23. The number of thiazole rings is 1. The van der Waals surface area contributed by atoms with Crippen LogP contribution < -0.4 is 10.2 Å². The average Bonchev–Trinajstić information content (AvgIpc) is 3.23. The number of hydrogen-bond donors (Lipinski definition) is 1. The van der Waals surface area contributed by atoms with E-state index < -0.39 is 17.8 Å². The lowest BCUT2D eigenvalue weighted by Crippen LogP contribution is -2.37. The van der Waals surface area contributed by atoms with Crippen molar-refractivity contribution in [3.8, 4) is 0 Å². The lowest BCUT2D eigenvalue weighted by atomic mass is 10.3. The molecule has 0 saturated carbocycles. The van der Waals surface area contributed by atoms with Gasteiger partial charge in [0.25, 0.3) is 0 Å². The van der Waals surface area contributed by atoms with Gasteiger partial charge in [-0.15, -0.1) is 11.3 Å². The molecule has 3 rings (SSSR count). The van der Waals surface area contributed by atoms with Crippen LogP contribution in [0.25, 0.3) is 0 Å². The van der Waals surface area contributed by atoms with Crippen molar-refractivity contribution in [2.45, 2.75) is 13.3 Å². The normalized spacial score (nSPS) is 13.7. The van der Waals surface area contributed by atoms with E-state index in [0.717, 1.165) is 0 Å². The number of carbonyl (C=O) groups excluding carboxylic acids is 3. The first kappa shape index (κ1) is 19.7. The number of rotatable bonds is 7. The highest BCUT2D eigenvalue weighted by molar-refractivity contribution is 7.13. The summed E-state index contributed by atoms with van der Waals surface area (Å²) in [5, 5.41) is 4.61. The number of ether oxygens (including phenoxy) is 1. The number of para-hydroxylation sites is 1. The summed E-state index contributed by atoms with van der Waals surface area (Å²) < 4.78 is 18.8. The van der Waals surface area contributed by atoms with Gasteiger partial charge in [-0.3, -0.25) is 14.5 Å². The third kappa shape index (κ3) is 4.63. The van der Waals surface area contributed by atoms with Crippen LogP contribution >= 0.6 is 11.3 Å². The van der Waals surface area contributed by atoms with Crippen molar-refractivity contribution in [2.24, 2.45) is 0 Å². The molecule has 3 amide bonds. The number of halogens is 1. The van der Waals surface area contributed by atoms with Crippen molar-refractivity contribution < 1.29 is 23.5 Å². The number of amides is 3. The van der Waals surface area contributed by atoms with E-state index in [1.165, 1.54) is 33.3 Å². The van der Waals surface area contributed by atoms with Crippen LogP contribution in [0.3, 0.4) is 0 Å². The van der Waals surface area contributed by atoms with Gasteiger partial charge in [0.2, 0.25) is 5.91 Å². The summed E-state index contributed by atoms with van der Waals surface area (Å²) in [4.78, 5) is 43.0. The minimum Gasteiger partial charge on any atom is -0.466 e. The van der Waals surface area contributed by atoms with Gasteiger partial charge in [0.1, 0.15) is 12.4 Å². The van der Waals surface area contributed by atoms with Gasteiger partial charge >= 0.3 is 12.0 Å². The lowest BCUT2D eigenvalue weighted by Gasteiger charge is -2.18. The van der Waals surface area contributed by atoms with Crippen molar-refractivity contribution in [1.29, 1.82) is 0 Å². The van der Waals surface area contributed by atoms with Gasteiger partial charge < -0.3 is 15.0 Å². The molecular weight excluding hydrogens is 387 g/mol. The van der Waals surface area contributed by atoms with Crippen LogP contribution in [0.2, 0.25) is 0 Å². The number of benzene rings is 1. The molecule has 0 aliphatic carbocycles. The van der Waals surface area contributed by atoms with Crippen molar-refractivity contribution in [1.82, 2.24) is 9.88 Å². The highest BCUT2D eigenvalue weighted by Gasteiger charge is 2.32. The van der Waals surface area contributed by atoms with Crippen LogP contribution in [-0.4, -0.2) is 54.0 Å². The van der Waals surface area contributed by atoms with Crippen LogP contribution in [0.4, 0.5) is 20.0 Å². The third-order valence-electron chi connectivity index (χ3n) is 4.00. The second-order valence-electron chi connectivity index (χ2n) is 5.98. The van der Waals surface area contributed by atoms with Gasteiger partial charge in [0.15, 0.2) is 5.13 Å². The maximum atomic E-state index is 13.9. The molecule has 1 aromatic heterocycles. The molecule has 0 radical (unpaired) electrons. The summed E-state index contributed by atoms with van der Waals surface area (Å²) in [6, 6.07) is 5.58. The average molecular weight is 406 g/mol. The Morgan fingerprint density at radius 1 is 1.32 bits per heavy atom. The molecule has 2 heterocycles. The van der Waals surface area contributed by atoms with E-state index in [-0.39, 0.29) is 24.6 Å². The van der Waals surface area contributed by atoms with E-state index in [4.69, 9.17) is 4.74 Å². The first-order chi connectivity index (χ1) is 13.5. The largest absolute Gasteiger partial charge is 0.466 e. The SMILES string of the molecule is CCOC(=O)Cc1csc(NC(=O)CN2CCN(c3ccccc3F)C2=O)n1. The van der Waals surface area contributed by atoms with Crippen molar-refractivity contribution in [3.05, 3.63) is 41.2 Å². The first-order valence-electron chi connectivity index (χ1n) is 8.68. The number of anilines is 2. The van der Waals surface area contributed by atoms with Gasteiger partial charge in [0, 0.05) is 18.5 Å². The van der Waals surface area contributed by atoms with E-state index in [9.17, 15) is 18.8 Å². The number of esters is 1. The van der Waals surface area contributed by atoms with Crippen LogP contribution in [0.5, 0.6) is 0 Å². The Morgan fingerprint density at radius 3 is 2.86 bits per heavy atom. The zero-order valence-corrected chi connectivity index (χ0v) is 16.0. The van der Waals surface area contributed by atoms with Crippen LogP contribution in [0.15, 0.2) is 29.6 Å². The van der Waals surface area contributed by atoms with E-state index >= 15 is 0 Å². The molecule has 1 fully saturated rings. The van der Waals surface area contributed by atoms with Crippen molar-refractivity contribution in [3.63, 3.8) is 0 Å². The lowest BCUT2D eigenvalue weighted by molar-refractivity contribution is -0.142. The Labute approximate surface area is 164 Å². The molecule has 1 aromatic carbocycles. The zero-order valence-electron chi connectivity index (χ0n) is 15.2. The molecule has 0 unspecified atom stereocenters. The number of urea groups is 1. The third-order valence-corrected chi connectivity index (χ3v) is 4.81. The summed E-state index contributed by atoms with van der Waals surface area (Å²) >= 11 is 1.18. The van der Waals surface area contributed by atoms with Crippen LogP contribution in [0.1, 0.15) is 12.6 Å². The Kier molecular flexibility index (Phi) is 6.19. The molecule has 2 aromatic rings. The van der Waals surface area contributed by atoms with Crippen LogP contribution in [-0.2, 0) is 20.7 Å². The molecule has 28 heavy (non-hydrogen) atoms. The predicted octanol–water partition coefficient (Wildman–Crippen LogP) is 2.27. The summed E-state index contributed by atoms with van der Waals surface area (Å²) in [6.07, 6.45) is 0.0302. The van der Waals surface area contributed by atoms with Crippen molar-refractivity contribution in [2.75, 3.05) is 36.5 Å². The minimum atomic E-state index is -0.487. The molecular formula is C18H19FN4O4S. The molecule has 1 aliphatic heterocycles. The Hall–Kier alpha value is -3.01.